The van der Waals surface area contributed by atoms with Crippen LogP contribution in [-0.2, 0) is 4.79 Å². The summed E-state index contributed by atoms with van der Waals surface area (Å²) in [5.74, 6) is 1.31. The summed E-state index contributed by atoms with van der Waals surface area (Å²) in [6, 6.07) is 1.74. The lowest BCUT2D eigenvalue weighted by atomic mass is 10.4. The molecule has 1 aromatic rings. The second-order valence-electron chi connectivity index (χ2n) is 3.24. The second-order valence-corrected chi connectivity index (χ2v) is 3.24. The van der Waals surface area contributed by atoms with Gasteiger partial charge in [-0.25, -0.2) is 9.97 Å². The van der Waals surface area contributed by atoms with Gasteiger partial charge in [0, 0.05) is 19.7 Å². The summed E-state index contributed by atoms with van der Waals surface area (Å²) >= 11 is 0. The van der Waals surface area contributed by atoms with E-state index in [1.54, 1.807) is 13.1 Å². The van der Waals surface area contributed by atoms with Gasteiger partial charge < -0.3 is 16.0 Å². The number of nitrogens with one attached hydrogen (secondary N) is 3. The molecule has 1 amide bonds. The Bertz CT molecular complexity index is 342. The molecule has 0 saturated carbocycles. The van der Waals surface area contributed by atoms with Gasteiger partial charge in [-0.2, -0.15) is 0 Å². The smallest absolute Gasteiger partial charge is 0.239 e. The van der Waals surface area contributed by atoms with Crippen LogP contribution in [0.25, 0.3) is 0 Å². The molecule has 0 unspecified atom stereocenters. The zero-order chi connectivity index (χ0) is 11.8. The molecule has 0 fully saturated rings. The van der Waals surface area contributed by atoms with E-state index in [1.165, 1.54) is 6.33 Å². The molecule has 0 aliphatic heterocycles. The van der Waals surface area contributed by atoms with Crippen molar-refractivity contribution >= 4 is 17.5 Å². The lowest BCUT2D eigenvalue weighted by molar-refractivity contribution is -0.119. The molecule has 0 atom stereocenters. The van der Waals surface area contributed by atoms with Crippen LogP contribution in [0.3, 0.4) is 0 Å². The lowest BCUT2D eigenvalue weighted by Gasteiger charge is -2.06. The molecule has 6 nitrogen and oxygen atoms in total. The molecule has 0 aliphatic rings. The maximum absolute atomic E-state index is 11.3. The quantitative estimate of drug-likeness (QED) is 0.653. The molecule has 0 bridgehead atoms. The molecular weight excluding hydrogens is 206 g/mol. The number of amides is 1. The summed E-state index contributed by atoms with van der Waals surface area (Å²) in [4.78, 5) is 19.3. The fraction of sp³-hybridized carbons (Fsp3) is 0.500. The number of nitrogens with zero attached hydrogens (tertiary/aromatic N) is 2. The van der Waals surface area contributed by atoms with E-state index >= 15 is 0 Å². The van der Waals surface area contributed by atoms with Gasteiger partial charge in [-0.1, -0.05) is 6.92 Å². The highest BCUT2D eigenvalue weighted by Crippen LogP contribution is 2.06. The molecule has 6 heteroatoms. The molecule has 1 rings (SSSR count). The maximum atomic E-state index is 11.3. The first-order chi connectivity index (χ1) is 7.76. The number of hydrogen-bond donors (Lipinski definition) is 3. The zero-order valence-electron chi connectivity index (χ0n) is 9.58. The van der Waals surface area contributed by atoms with Gasteiger partial charge >= 0.3 is 0 Å². The van der Waals surface area contributed by atoms with Crippen molar-refractivity contribution in [3.05, 3.63) is 12.4 Å². The molecule has 0 spiro atoms. The third-order valence-corrected chi connectivity index (χ3v) is 1.93. The monoisotopic (exact) mass is 223 g/mol. The number of hydrogen-bond acceptors (Lipinski definition) is 5. The Morgan fingerprint density at radius 2 is 2.12 bits per heavy atom. The predicted octanol–water partition coefficient (Wildman–Crippen LogP) is 0.456. The van der Waals surface area contributed by atoms with Crippen molar-refractivity contribution in [3.8, 4) is 0 Å². The Balaban J connectivity index is 2.38. The molecular formula is C10H17N5O. The number of rotatable bonds is 6. The van der Waals surface area contributed by atoms with Crippen molar-refractivity contribution in [1.82, 2.24) is 15.3 Å². The minimum absolute atomic E-state index is 0.0357. The first-order valence-electron chi connectivity index (χ1n) is 5.26. The first kappa shape index (κ1) is 12.2. The van der Waals surface area contributed by atoms with Crippen LogP contribution < -0.4 is 16.0 Å². The summed E-state index contributed by atoms with van der Waals surface area (Å²) in [5, 5.41) is 8.59. The molecule has 16 heavy (non-hydrogen) atoms. The predicted molar refractivity (Wildman–Crippen MR) is 63.4 cm³/mol. The van der Waals surface area contributed by atoms with Gasteiger partial charge in [0.25, 0.3) is 0 Å². The third-order valence-electron chi connectivity index (χ3n) is 1.93. The van der Waals surface area contributed by atoms with Gasteiger partial charge in [-0.3, -0.25) is 4.79 Å². The van der Waals surface area contributed by atoms with Crippen molar-refractivity contribution in [1.29, 1.82) is 0 Å². The van der Waals surface area contributed by atoms with E-state index in [2.05, 4.69) is 25.9 Å². The van der Waals surface area contributed by atoms with Crippen LogP contribution >= 0.6 is 0 Å². The molecule has 3 N–H and O–H groups in total. The lowest BCUT2D eigenvalue weighted by Crippen LogP contribution is -2.30. The van der Waals surface area contributed by atoms with Crippen molar-refractivity contribution < 1.29 is 4.79 Å². The van der Waals surface area contributed by atoms with E-state index in [1.807, 2.05) is 6.92 Å². The van der Waals surface area contributed by atoms with Crippen LogP contribution in [-0.4, -0.2) is 36.0 Å². The largest absolute Gasteiger partial charge is 0.373 e. The minimum Gasteiger partial charge on any atom is -0.373 e. The second kappa shape index (κ2) is 6.60. The molecule has 1 heterocycles. The number of anilines is 2. The van der Waals surface area contributed by atoms with Crippen molar-refractivity contribution in [2.45, 2.75) is 13.3 Å². The van der Waals surface area contributed by atoms with Gasteiger partial charge in [0.05, 0.1) is 6.54 Å². The SMILES string of the molecule is CCCNC(=O)CNc1cc(NC)ncn1. The highest BCUT2D eigenvalue weighted by molar-refractivity contribution is 5.80. The van der Waals surface area contributed by atoms with Crippen LogP contribution in [0.15, 0.2) is 12.4 Å². The van der Waals surface area contributed by atoms with E-state index < -0.39 is 0 Å². The Labute approximate surface area is 94.9 Å². The Morgan fingerprint density at radius 1 is 1.38 bits per heavy atom. The van der Waals surface area contributed by atoms with Gasteiger partial charge in [-0.05, 0) is 6.42 Å². The van der Waals surface area contributed by atoms with Crippen LogP contribution in [0, 0.1) is 0 Å². The summed E-state index contributed by atoms with van der Waals surface area (Å²) in [6.07, 6.45) is 2.38. The Morgan fingerprint density at radius 3 is 2.81 bits per heavy atom. The van der Waals surface area contributed by atoms with Gasteiger partial charge in [-0.15, -0.1) is 0 Å². The fourth-order valence-electron chi connectivity index (χ4n) is 1.09. The highest BCUT2D eigenvalue weighted by atomic mass is 16.1. The molecule has 0 saturated heterocycles. The average molecular weight is 223 g/mol. The van der Waals surface area contributed by atoms with Crippen LogP contribution in [0.4, 0.5) is 11.6 Å². The first-order valence-corrected chi connectivity index (χ1v) is 5.26. The zero-order valence-corrected chi connectivity index (χ0v) is 9.58. The van der Waals surface area contributed by atoms with Gasteiger partial charge in [0.15, 0.2) is 0 Å². The van der Waals surface area contributed by atoms with Crippen molar-refractivity contribution in [2.24, 2.45) is 0 Å². The molecule has 0 radical (unpaired) electrons. The average Bonchev–Trinajstić information content (AvgIpc) is 2.34. The van der Waals surface area contributed by atoms with Crippen molar-refractivity contribution in [3.63, 3.8) is 0 Å². The normalized spacial score (nSPS) is 9.62. The maximum Gasteiger partial charge on any atom is 0.239 e. The standard InChI is InChI=1S/C10H17N5O/c1-3-4-12-10(16)6-13-9-5-8(11-2)14-7-15-9/h5,7H,3-4,6H2,1-2H3,(H,12,16)(H2,11,13,14,15). The fourth-order valence-corrected chi connectivity index (χ4v) is 1.09. The van der Waals surface area contributed by atoms with Crippen LogP contribution in [0.5, 0.6) is 0 Å². The van der Waals surface area contributed by atoms with Crippen LogP contribution in [0.2, 0.25) is 0 Å². The third kappa shape index (κ3) is 4.12. The van der Waals surface area contributed by atoms with E-state index in [0.717, 1.165) is 6.42 Å². The number of carbonyl (C=O) groups excluding carboxylic acids is 1. The number of aromatic nitrogens is 2. The van der Waals surface area contributed by atoms with Crippen molar-refractivity contribution in [2.75, 3.05) is 30.8 Å². The molecule has 0 aromatic carbocycles. The van der Waals surface area contributed by atoms with Gasteiger partial charge in [0.2, 0.25) is 5.91 Å². The highest BCUT2D eigenvalue weighted by Gasteiger charge is 2.01. The Kier molecular flexibility index (Phi) is 5.04. The van der Waals surface area contributed by atoms with Crippen LogP contribution in [0.1, 0.15) is 13.3 Å². The number of carbonyl (C=O) groups is 1. The van der Waals surface area contributed by atoms with E-state index in [9.17, 15) is 4.79 Å². The summed E-state index contributed by atoms with van der Waals surface area (Å²) in [7, 11) is 1.78. The molecule has 88 valence electrons. The van der Waals surface area contributed by atoms with E-state index in [-0.39, 0.29) is 12.5 Å². The van der Waals surface area contributed by atoms with E-state index in [0.29, 0.717) is 18.2 Å². The topological polar surface area (TPSA) is 78.9 Å². The molecule has 1 aromatic heterocycles. The minimum atomic E-state index is -0.0357. The molecule has 0 aliphatic carbocycles. The summed E-state index contributed by atoms with van der Waals surface area (Å²) in [5.41, 5.74) is 0. The Hall–Kier alpha value is -1.85. The van der Waals surface area contributed by atoms with E-state index in [4.69, 9.17) is 0 Å². The van der Waals surface area contributed by atoms with Gasteiger partial charge in [0.1, 0.15) is 18.0 Å². The summed E-state index contributed by atoms with van der Waals surface area (Å²) < 4.78 is 0. The summed E-state index contributed by atoms with van der Waals surface area (Å²) in [6.45, 7) is 2.93.